The summed E-state index contributed by atoms with van der Waals surface area (Å²) in [6.07, 6.45) is -3.63. The van der Waals surface area contributed by atoms with E-state index in [4.69, 9.17) is 5.73 Å². The zero-order chi connectivity index (χ0) is 19.6. The molecule has 0 aliphatic heterocycles. The Morgan fingerprint density at radius 2 is 1.78 bits per heavy atom. The minimum absolute atomic E-state index is 0.0849. The molecule has 0 radical (unpaired) electrons. The van der Waals surface area contributed by atoms with E-state index in [0.717, 1.165) is 12.1 Å². The van der Waals surface area contributed by atoms with Crippen LogP contribution in [0.4, 0.5) is 17.6 Å². The largest absolute Gasteiger partial charge is 0.573 e. The van der Waals surface area contributed by atoms with Gasteiger partial charge in [0.1, 0.15) is 11.6 Å². The summed E-state index contributed by atoms with van der Waals surface area (Å²) < 4.78 is 56.2. The number of para-hydroxylation sites is 1. The normalized spacial score (nSPS) is 11.3. The van der Waals surface area contributed by atoms with Crippen LogP contribution in [0.1, 0.15) is 10.6 Å². The molecule has 27 heavy (non-hydrogen) atoms. The quantitative estimate of drug-likeness (QED) is 0.699. The second-order valence-corrected chi connectivity index (χ2v) is 5.37. The molecule has 1 heterocycles. The second-order valence-electron chi connectivity index (χ2n) is 5.37. The first-order valence-corrected chi connectivity index (χ1v) is 7.52. The maximum Gasteiger partial charge on any atom is 0.573 e. The fourth-order valence-corrected chi connectivity index (χ4v) is 2.43. The number of hydrogen-bond donors (Lipinski definition) is 1. The van der Waals surface area contributed by atoms with Gasteiger partial charge in [0.15, 0.2) is 0 Å². The smallest absolute Gasteiger partial charge is 0.405 e. The Hall–Kier alpha value is -3.49. The number of hydrogen-bond acceptors (Lipinski definition) is 4. The van der Waals surface area contributed by atoms with Gasteiger partial charge in [-0.1, -0.05) is 18.2 Å². The molecular weight excluding hydrogens is 366 g/mol. The Balaban J connectivity index is 2.10. The van der Waals surface area contributed by atoms with Crippen molar-refractivity contribution in [3.63, 3.8) is 0 Å². The average Bonchev–Trinajstić information content (AvgIpc) is 2.61. The second kappa shape index (κ2) is 7.02. The van der Waals surface area contributed by atoms with Gasteiger partial charge in [-0.05, 0) is 30.3 Å². The summed E-state index contributed by atoms with van der Waals surface area (Å²) in [7, 11) is 0. The summed E-state index contributed by atoms with van der Waals surface area (Å²) in [5, 5.41) is 0. The Morgan fingerprint density at radius 1 is 1.04 bits per heavy atom. The van der Waals surface area contributed by atoms with Crippen LogP contribution in [0.15, 0.2) is 54.7 Å². The minimum Gasteiger partial charge on any atom is -0.405 e. The van der Waals surface area contributed by atoms with Crippen LogP contribution >= 0.6 is 0 Å². The van der Waals surface area contributed by atoms with Gasteiger partial charge < -0.3 is 10.5 Å². The molecule has 0 atom stereocenters. The third-order valence-corrected chi connectivity index (χ3v) is 3.54. The van der Waals surface area contributed by atoms with Gasteiger partial charge in [-0.2, -0.15) is 0 Å². The predicted molar refractivity (Wildman–Crippen MR) is 88.1 cm³/mol. The van der Waals surface area contributed by atoms with Gasteiger partial charge in [0.05, 0.1) is 5.69 Å². The molecule has 0 unspecified atom stereocenters. The highest BCUT2D eigenvalue weighted by molar-refractivity contribution is 5.89. The molecule has 3 aromatic rings. The van der Waals surface area contributed by atoms with Crippen molar-refractivity contribution in [2.24, 2.45) is 5.73 Å². The van der Waals surface area contributed by atoms with Crippen molar-refractivity contribution in [2.75, 3.05) is 0 Å². The van der Waals surface area contributed by atoms with Crippen molar-refractivity contribution in [3.8, 4) is 28.1 Å². The summed E-state index contributed by atoms with van der Waals surface area (Å²) in [5.74, 6) is -2.37. The van der Waals surface area contributed by atoms with E-state index in [1.54, 1.807) is 0 Å². The molecule has 2 N–H and O–H groups in total. The monoisotopic (exact) mass is 377 g/mol. The standard InChI is InChI=1S/C18H11F4N3O2/c19-13-6-5-10(14-7-8-24-17(25-14)16(23)26)9-12(13)11-3-1-2-4-15(11)27-18(20,21)22/h1-9H,(H2,23,26). The lowest BCUT2D eigenvalue weighted by Gasteiger charge is -2.14. The summed E-state index contributed by atoms with van der Waals surface area (Å²) in [4.78, 5) is 18.9. The number of aromatic nitrogens is 2. The number of primary amides is 1. The first-order chi connectivity index (χ1) is 12.7. The van der Waals surface area contributed by atoms with Crippen molar-refractivity contribution in [2.45, 2.75) is 6.36 Å². The van der Waals surface area contributed by atoms with E-state index >= 15 is 0 Å². The minimum atomic E-state index is -4.92. The first-order valence-electron chi connectivity index (χ1n) is 7.52. The van der Waals surface area contributed by atoms with E-state index in [9.17, 15) is 22.4 Å². The molecule has 0 fully saturated rings. The number of rotatable bonds is 4. The van der Waals surface area contributed by atoms with Crippen LogP contribution in [0, 0.1) is 5.82 Å². The molecule has 3 rings (SSSR count). The highest BCUT2D eigenvalue weighted by atomic mass is 19.4. The third kappa shape index (κ3) is 4.20. The number of amides is 1. The maximum absolute atomic E-state index is 14.3. The molecule has 0 bridgehead atoms. The number of nitrogens with two attached hydrogens (primary N) is 1. The van der Waals surface area contributed by atoms with Gasteiger partial charge in [0.25, 0.3) is 5.91 Å². The van der Waals surface area contributed by atoms with Crippen LogP contribution in [0.5, 0.6) is 5.75 Å². The van der Waals surface area contributed by atoms with E-state index in [1.807, 2.05) is 0 Å². The molecule has 0 saturated carbocycles. The zero-order valence-electron chi connectivity index (χ0n) is 13.5. The van der Waals surface area contributed by atoms with Crippen LogP contribution in [-0.4, -0.2) is 22.2 Å². The van der Waals surface area contributed by atoms with Crippen LogP contribution in [0.2, 0.25) is 0 Å². The van der Waals surface area contributed by atoms with Crippen LogP contribution in [0.25, 0.3) is 22.4 Å². The van der Waals surface area contributed by atoms with Crippen molar-refractivity contribution >= 4 is 5.91 Å². The predicted octanol–water partition coefficient (Wildman–Crippen LogP) is 3.95. The van der Waals surface area contributed by atoms with Gasteiger partial charge in [-0.3, -0.25) is 4.79 Å². The van der Waals surface area contributed by atoms with Crippen LogP contribution < -0.4 is 10.5 Å². The Kier molecular flexibility index (Phi) is 4.76. The lowest BCUT2D eigenvalue weighted by molar-refractivity contribution is -0.274. The first kappa shape index (κ1) is 18.3. The van der Waals surface area contributed by atoms with Crippen LogP contribution in [0.3, 0.4) is 0 Å². The molecule has 2 aromatic carbocycles. The summed E-state index contributed by atoms with van der Waals surface area (Å²) >= 11 is 0. The average molecular weight is 377 g/mol. The molecule has 0 saturated heterocycles. The number of ether oxygens (including phenoxy) is 1. The molecule has 138 valence electrons. The topological polar surface area (TPSA) is 78.1 Å². The third-order valence-electron chi connectivity index (χ3n) is 3.54. The van der Waals surface area contributed by atoms with Crippen molar-refractivity contribution in [1.29, 1.82) is 0 Å². The maximum atomic E-state index is 14.3. The van der Waals surface area contributed by atoms with Gasteiger partial charge in [-0.15, -0.1) is 13.2 Å². The number of halogens is 4. The molecule has 1 aromatic heterocycles. The van der Waals surface area contributed by atoms with Gasteiger partial charge in [0, 0.05) is 22.9 Å². The lowest BCUT2D eigenvalue weighted by atomic mass is 10.00. The van der Waals surface area contributed by atoms with E-state index in [0.29, 0.717) is 5.56 Å². The van der Waals surface area contributed by atoms with Gasteiger partial charge >= 0.3 is 6.36 Å². The van der Waals surface area contributed by atoms with Crippen molar-refractivity contribution in [3.05, 3.63) is 66.4 Å². The Labute approximate surface area is 150 Å². The lowest BCUT2D eigenvalue weighted by Crippen LogP contribution is -2.17. The Bertz CT molecular complexity index is 1010. The number of carbonyl (C=O) groups is 1. The zero-order valence-corrected chi connectivity index (χ0v) is 13.5. The highest BCUT2D eigenvalue weighted by Crippen LogP contribution is 2.36. The van der Waals surface area contributed by atoms with E-state index in [2.05, 4.69) is 14.7 Å². The fourth-order valence-electron chi connectivity index (χ4n) is 2.43. The molecule has 1 amide bonds. The van der Waals surface area contributed by atoms with Crippen molar-refractivity contribution in [1.82, 2.24) is 9.97 Å². The SMILES string of the molecule is NC(=O)c1nccc(-c2ccc(F)c(-c3ccccc3OC(F)(F)F)c2)n1. The summed E-state index contributed by atoms with van der Waals surface area (Å²) in [5.41, 5.74) is 5.55. The molecular formula is C18H11F4N3O2. The van der Waals surface area contributed by atoms with E-state index in [1.165, 1.54) is 42.6 Å². The summed E-state index contributed by atoms with van der Waals surface area (Å²) in [6, 6.07) is 10.4. The molecule has 0 aliphatic rings. The molecule has 9 heteroatoms. The number of benzene rings is 2. The molecule has 0 aliphatic carbocycles. The highest BCUT2D eigenvalue weighted by Gasteiger charge is 2.32. The number of alkyl halides is 3. The number of carbonyl (C=O) groups excluding carboxylic acids is 1. The van der Waals surface area contributed by atoms with E-state index < -0.39 is 23.8 Å². The molecule has 0 spiro atoms. The van der Waals surface area contributed by atoms with Gasteiger partial charge in [-0.25, -0.2) is 14.4 Å². The number of nitrogens with zero attached hydrogens (tertiary/aromatic N) is 2. The summed E-state index contributed by atoms with van der Waals surface area (Å²) in [6.45, 7) is 0. The molecule has 5 nitrogen and oxygen atoms in total. The van der Waals surface area contributed by atoms with E-state index in [-0.39, 0.29) is 22.6 Å². The van der Waals surface area contributed by atoms with Crippen LogP contribution in [-0.2, 0) is 0 Å². The van der Waals surface area contributed by atoms with Crippen molar-refractivity contribution < 1.29 is 27.1 Å². The fraction of sp³-hybridized carbons (Fsp3) is 0.0556. The Morgan fingerprint density at radius 3 is 2.48 bits per heavy atom. The van der Waals surface area contributed by atoms with Gasteiger partial charge in [0.2, 0.25) is 5.82 Å².